The molecule has 0 saturated heterocycles. The quantitative estimate of drug-likeness (QED) is 0.889. The van der Waals surface area contributed by atoms with Gasteiger partial charge in [-0.2, -0.15) is 13.2 Å². The van der Waals surface area contributed by atoms with Crippen LogP contribution in [0.4, 0.5) is 24.5 Å². The van der Waals surface area contributed by atoms with Crippen LogP contribution in [0.25, 0.3) is 0 Å². The third kappa shape index (κ3) is 4.23. The van der Waals surface area contributed by atoms with Gasteiger partial charge in [-0.25, -0.2) is 0 Å². The standard InChI is InChI=1S/C16H19F3N2O2S/c1-9(2)8-24-10(3)15(23)21-7-14(22)20-12-6-11(16(17,18)19)4-5-13(12)21/h4-6,9-10H,7-8H2,1-3H3,(H,20,22). The number of rotatable bonds is 4. The first-order valence-electron chi connectivity index (χ1n) is 7.53. The molecule has 0 radical (unpaired) electrons. The molecule has 1 heterocycles. The van der Waals surface area contributed by atoms with Crippen LogP contribution >= 0.6 is 11.8 Å². The van der Waals surface area contributed by atoms with E-state index < -0.39 is 17.6 Å². The summed E-state index contributed by atoms with van der Waals surface area (Å²) < 4.78 is 38.5. The van der Waals surface area contributed by atoms with E-state index >= 15 is 0 Å². The number of amides is 2. The lowest BCUT2D eigenvalue weighted by molar-refractivity contribution is -0.137. The van der Waals surface area contributed by atoms with E-state index in [-0.39, 0.29) is 23.4 Å². The van der Waals surface area contributed by atoms with Gasteiger partial charge in [-0.05, 0) is 36.8 Å². The summed E-state index contributed by atoms with van der Waals surface area (Å²) in [6.07, 6.45) is -4.51. The number of fused-ring (bicyclic) bond motifs is 1. The first-order valence-corrected chi connectivity index (χ1v) is 8.58. The lowest BCUT2D eigenvalue weighted by atomic mass is 10.1. The number of thioether (sulfide) groups is 1. The van der Waals surface area contributed by atoms with E-state index in [1.54, 1.807) is 6.92 Å². The predicted octanol–water partition coefficient (Wildman–Crippen LogP) is 3.77. The largest absolute Gasteiger partial charge is 0.416 e. The fourth-order valence-corrected chi connectivity index (χ4v) is 3.23. The molecule has 1 aromatic rings. The zero-order valence-electron chi connectivity index (χ0n) is 13.6. The highest BCUT2D eigenvalue weighted by atomic mass is 32.2. The molecule has 0 spiro atoms. The second-order valence-electron chi connectivity index (χ2n) is 6.07. The van der Waals surface area contributed by atoms with E-state index in [2.05, 4.69) is 5.32 Å². The molecule has 1 aliphatic rings. The molecule has 8 heteroatoms. The molecule has 2 rings (SSSR count). The summed E-state index contributed by atoms with van der Waals surface area (Å²) in [5.74, 6) is 0.413. The molecule has 0 saturated carbocycles. The zero-order chi connectivity index (χ0) is 18.1. The third-order valence-corrected chi connectivity index (χ3v) is 5.04. The van der Waals surface area contributed by atoms with Crippen LogP contribution in [0, 0.1) is 5.92 Å². The van der Waals surface area contributed by atoms with Crippen LogP contribution in [-0.2, 0) is 15.8 Å². The Bertz CT molecular complexity index is 647. The van der Waals surface area contributed by atoms with Crippen LogP contribution < -0.4 is 10.2 Å². The van der Waals surface area contributed by atoms with Gasteiger partial charge in [-0.15, -0.1) is 11.8 Å². The molecular formula is C16H19F3N2O2S. The Kier molecular flexibility index (Phi) is 5.47. The molecule has 1 atom stereocenters. The first-order chi connectivity index (χ1) is 11.1. The van der Waals surface area contributed by atoms with Gasteiger partial charge in [0.2, 0.25) is 11.8 Å². The molecule has 24 heavy (non-hydrogen) atoms. The summed E-state index contributed by atoms with van der Waals surface area (Å²) in [6.45, 7) is 5.62. The number of alkyl halides is 3. The topological polar surface area (TPSA) is 49.4 Å². The van der Waals surface area contributed by atoms with Gasteiger partial charge in [-0.3, -0.25) is 14.5 Å². The maximum atomic E-state index is 12.8. The van der Waals surface area contributed by atoms with Crippen LogP contribution in [0.1, 0.15) is 26.3 Å². The Morgan fingerprint density at radius 2 is 2.00 bits per heavy atom. The highest BCUT2D eigenvalue weighted by Crippen LogP contribution is 2.37. The molecule has 2 amide bonds. The summed E-state index contributed by atoms with van der Waals surface area (Å²) in [4.78, 5) is 25.7. The van der Waals surface area contributed by atoms with E-state index in [1.807, 2.05) is 13.8 Å². The summed E-state index contributed by atoms with van der Waals surface area (Å²) in [7, 11) is 0. The Hall–Kier alpha value is -1.70. The van der Waals surface area contributed by atoms with Crippen molar-refractivity contribution < 1.29 is 22.8 Å². The molecule has 4 nitrogen and oxygen atoms in total. The summed E-state index contributed by atoms with van der Waals surface area (Å²) in [5, 5.41) is 2.03. The van der Waals surface area contributed by atoms with Crippen molar-refractivity contribution in [2.75, 3.05) is 22.5 Å². The highest BCUT2D eigenvalue weighted by molar-refractivity contribution is 8.00. The molecule has 0 bridgehead atoms. The van der Waals surface area contributed by atoms with E-state index in [0.29, 0.717) is 11.6 Å². The van der Waals surface area contributed by atoms with Crippen molar-refractivity contribution in [1.29, 1.82) is 0 Å². The molecule has 132 valence electrons. The second-order valence-corrected chi connectivity index (χ2v) is 7.45. The van der Waals surface area contributed by atoms with Gasteiger partial charge in [0.25, 0.3) is 0 Å². The SMILES string of the molecule is CC(C)CSC(C)C(=O)N1CC(=O)Nc2cc(C(F)(F)F)ccc21. The number of nitrogens with one attached hydrogen (secondary N) is 1. The smallest absolute Gasteiger partial charge is 0.323 e. The normalized spacial score (nSPS) is 16.0. The van der Waals surface area contributed by atoms with Crippen molar-refractivity contribution >= 4 is 35.0 Å². The molecule has 1 unspecified atom stereocenters. The van der Waals surface area contributed by atoms with E-state index in [0.717, 1.165) is 17.9 Å². The van der Waals surface area contributed by atoms with Gasteiger partial charge >= 0.3 is 6.18 Å². The van der Waals surface area contributed by atoms with Crippen molar-refractivity contribution in [3.05, 3.63) is 23.8 Å². The second kappa shape index (κ2) is 7.04. The van der Waals surface area contributed by atoms with Gasteiger partial charge in [0.15, 0.2) is 0 Å². The number of hydrogen-bond acceptors (Lipinski definition) is 3. The van der Waals surface area contributed by atoms with Gasteiger partial charge in [-0.1, -0.05) is 13.8 Å². The van der Waals surface area contributed by atoms with E-state index in [1.165, 1.54) is 22.7 Å². The number of halogens is 3. The third-order valence-electron chi connectivity index (χ3n) is 3.48. The van der Waals surface area contributed by atoms with Gasteiger partial charge in [0.05, 0.1) is 22.2 Å². The molecular weight excluding hydrogens is 341 g/mol. The van der Waals surface area contributed by atoms with Crippen LogP contribution in [0.3, 0.4) is 0 Å². The average molecular weight is 360 g/mol. The van der Waals surface area contributed by atoms with Crippen LogP contribution in [0.2, 0.25) is 0 Å². The Labute approximate surface area is 142 Å². The van der Waals surface area contributed by atoms with Gasteiger partial charge in [0.1, 0.15) is 6.54 Å². The monoisotopic (exact) mass is 360 g/mol. The fraction of sp³-hybridized carbons (Fsp3) is 0.500. The summed E-state index contributed by atoms with van der Waals surface area (Å²) in [6, 6.07) is 3.01. The van der Waals surface area contributed by atoms with Gasteiger partial charge < -0.3 is 5.32 Å². The van der Waals surface area contributed by atoms with Gasteiger partial charge in [0, 0.05) is 0 Å². The zero-order valence-corrected chi connectivity index (χ0v) is 14.4. The lowest BCUT2D eigenvalue weighted by Gasteiger charge is -2.31. The highest BCUT2D eigenvalue weighted by Gasteiger charge is 2.35. The number of anilines is 2. The molecule has 1 aromatic carbocycles. The minimum atomic E-state index is -4.51. The predicted molar refractivity (Wildman–Crippen MR) is 89.2 cm³/mol. The molecule has 0 aromatic heterocycles. The van der Waals surface area contributed by atoms with Crippen molar-refractivity contribution in [1.82, 2.24) is 0 Å². The molecule has 1 aliphatic heterocycles. The number of carbonyl (C=O) groups is 2. The molecule has 0 fully saturated rings. The Morgan fingerprint density at radius 3 is 2.58 bits per heavy atom. The van der Waals surface area contributed by atoms with Crippen molar-refractivity contribution in [2.24, 2.45) is 5.92 Å². The van der Waals surface area contributed by atoms with E-state index in [4.69, 9.17) is 0 Å². The number of hydrogen-bond donors (Lipinski definition) is 1. The average Bonchev–Trinajstić information content (AvgIpc) is 2.49. The maximum Gasteiger partial charge on any atom is 0.416 e. The summed E-state index contributed by atoms with van der Waals surface area (Å²) >= 11 is 1.47. The Morgan fingerprint density at radius 1 is 1.33 bits per heavy atom. The summed E-state index contributed by atoms with van der Waals surface area (Å²) in [5.41, 5.74) is -0.557. The number of benzene rings is 1. The van der Waals surface area contributed by atoms with Crippen LogP contribution in [0.5, 0.6) is 0 Å². The number of nitrogens with zero attached hydrogens (tertiary/aromatic N) is 1. The maximum absolute atomic E-state index is 12.8. The van der Waals surface area contributed by atoms with Crippen molar-refractivity contribution in [3.8, 4) is 0 Å². The molecule has 1 N–H and O–H groups in total. The van der Waals surface area contributed by atoms with E-state index in [9.17, 15) is 22.8 Å². The first kappa shape index (κ1) is 18.6. The fourth-order valence-electron chi connectivity index (χ4n) is 2.29. The minimum Gasteiger partial charge on any atom is -0.323 e. The van der Waals surface area contributed by atoms with Crippen molar-refractivity contribution in [2.45, 2.75) is 32.2 Å². The Balaban J connectivity index is 2.28. The van der Waals surface area contributed by atoms with Crippen LogP contribution in [-0.4, -0.2) is 29.4 Å². The molecule has 0 aliphatic carbocycles. The lowest BCUT2D eigenvalue weighted by Crippen LogP contribution is -2.45. The van der Waals surface area contributed by atoms with Crippen LogP contribution in [0.15, 0.2) is 18.2 Å². The number of carbonyl (C=O) groups excluding carboxylic acids is 2. The minimum absolute atomic E-state index is 0.00971. The van der Waals surface area contributed by atoms with Crippen molar-refractivity contribution in [3.63, 3.8) is 0 Å².